The fourth-order valence-corrected chi connectivity index (χ4v) is 3.20. The van der Waals surface area contributed by atoms with Gasteiger partial charge in [-0.05, 0) is 37.5 Å². The molecule has 2 fully saturated rings. The van der Waals surface area contributed by atoms with Crippen LogP contribution in [-0.4, -0.2) is 21.5 Å². The molecule has 18 heavy (non-hydrogen) atoms. The number of ketones is 2. The molecule has 0 bridgehead atoms. The zero-order valence-electron chi connectivity index (χ0n) is 9.98. The molecule has 94 valence electrons. The molecule has 3 aliphatic carbocycles. The van der Waals surface area contributed by atoms with Crippen LogP contribution in [0.1, 0.15) is 47.8 Å². The van der Waals surface area contributed by atoms with Crippen LogP contribution in [0.3, 0.4) is 0 Å². The first kappa shape index (κ1) is 10.3. The molecule has 3 N–H and O–H groups in total. The Balaban J connectivity index is 1.85. The molecule has 4 rings (SSSR count). The molecule has 2 atom stereocenters. The van der Waals surface area contributed by atoms with E-state index in [1.807, 2.05) is 0 Å². The van der Waals surface area contributed by atoms with Crippen LogP contribution in [0, 0.1) is 17.8 Å². The van der Waals surface area contributed by atoms with Gasteiger partial charge in [-0.2, -0.15) is 0 Å². The summed E-state index contributed by atoms with van der Waals surface area (Å²) in [4.78, 5) is 32.0. The highest BCUT2D eigenvalue weighted by atomic mass is 16.2. The van der Waals surface area contributed by atoms with Gasteiger partial charge in [0.25, 0.3) is 0 Å². The lowest BCUT2D eigenvalue weighted by Crippen LogP contribution is -2.37. The Morgan fingerprint density at radius 1 is 1.06 bits per heavy atom. The summed E-state index contributed by atoms with van der Waals surface area (Å²) < 4.78 is 0. The molecule has 1 aromatic rings. The maximum atomic E-state index is 12.6. The smallest absolute Gasteiger partial charge is 0.198 e. The van der Waals surface area contributed by atoms with Crippen molar-refractivity contribution in [1.29, 1.82) is 0 Å². The van der Waals surface area contributed by atoms with E-state index in [4.69, 9.17) is 5.73 Å². The minimum absolute atomic E-state index is 0.109. The van der Waals surface area contributed by atoms with Crippen LogP contribution in [0.25, 0.3) is 0 Å². The van der Waals surface area contributed by atoms with E-state index in [0.29, 0.717) is 17.3 Å². The van der Waals surface area contributed by atoms with Crippen LogP contribution in [0.15, 0.2) is 0 Å². The SMILES string of the molecule is Nc1nc2c([nH]1)C(C1CC1)C(=O)C(C1CC1)C2=O. The summed E-state index contributed by atoms with van der Waals surface area (Å²) in [6.45, 7) is 0. The van der Waals surface area contributed by atoms with Crippen LogP contribution in [0.5, 0.6) is 0 Å². The van der Waals surface area contributed by atoms with Gasteiger partial charge >= 0.3 is 0 Å². The molecule has 5 heteroatoms. The second-order valence-corrected chi connectivity index (χ2v) is 5.78. The number of carbonyl (C=O) groups excluding carboxylic acids is 2. The maximum absolute atomic E-state index is 12.6. The minimum Gasteiger partial charge on any atom is -0.369 e. The second kappa shape index (κ2) is 3.22. The average molecular weight is 245 g/mol. The van der Waals surface area contributed by atoms with E-state index in [1.165, 1.54) is 0 Å². The Hall–Kier alpha value is -1.65. The van der Waals surface area contributed by atoms with E-state index < -0.39 is 5.92 Å². The Morgan fingerprint density at radius 2 is 1.67 bits per heavy atom. The molecule has 5 nitrogen and oxygen atoms in total. The van der Waals surface area contributed by atoms with Crippen LogP contribution < -0.4 is 5.73 Å². The fourth-order valence-electron chi connectivity index (χ4n) is 3.20. The summed E-state index contributed by atoms with van der Waals surface area (Å²) >= 11 is 0. The van der Waals surface area contributed by atoms with Gasteiger partial charge < -0.3 is 10.7 Å². The van der Waals surface area contributed by atoms with Gasteiger partial charge in [0.05, 0.1) is 17.5 Å². The number of nitrogen functional groups attached to an aromatic ring is 1. The van der Waals surface area contributed by atoms with E-state index in [9.17, 15) is 9.59 Å². The Kier molecular flexibility index (Phi) is 1.84. The van der Waals surface area contributed by atoms with Gasteiger partial charge in [-0.15, -0.1) is 0 Å². The largest absolute Gasteiger partial charge is 0.369 e. The fraction of sp³-hybridized carbons (Fsp3) is 0.615. The molecule has 0 saturated heterocycles. The number of aromatic amines is 1. The second-order valence-electron chi connectivity index (χ2n) is 5.78. The molecular weight excluding hydrogens is 230 g/mol. The van der Waals surface area contributed by atoms with Crippen LogP contribution in [0.2, 0.25) is 0 Å². The number of Topliss-reactive ketones (excluding diaryl/α,β-unsaturated/α-hetero) is 2. The predicted octanol–water partition coefficient (Wildman–Crippen LogP) is 1.28. The lowest BCUT2D eigenvalue weighted by atomic mass is 9.75. The molecule has 0 radical (unpaired) electrons. The lowest BCUT2D eigenvalue weighted by molar-refractivity contribution is -0.124. The summed E-state index contributed by atoms with van der Waals surface area (Å²) in [6.07, 6.45) is 4.13. The molecule has 3 aliphatic rings. The van der Waals surface area contributed by atoms with E-state index in [0.717, 1.165) is 25.7 Å². The quantitative estimate of drug-likeness (QED) is 0.768. The zero-order chi connectivity index (χ0) is 12.4. The first-order valence-corrected chi connectivity index (χ1v) is 6.60. The van der Waals surface area contributed by atoms with Crippen LogP contribution >= 0.6 is 0 Å². The number of nitrogens with two attached hydrogens (primary N) is 1. The van der Waals surface area contributed by atoms with Crippen molar-refractivity contribution in [2.24, 2.45) is 17.8 Å². The van der Waals surface area contributed by atoms with Crippen LogP contribution in [-0.2, 0) is 4.79 Å². The standard InChI is InChI=1S/C13H15N3O2/c14-13-15-9-7(5-1-2-5)11(17)8(6-3-4-6)12(18)10(9)16-13/h5-8H,1-4H2,(H3,14,15,16). The third-order valence-electron chi connectivity index (χ3n) is 4.38. The molecule has 1 aromatic heterocycles. The van der Waals surface area contributed by atoms with Crippen molar-refractivity contribution in [3.8, 4) is 0 Å². The molecule has 0 aromatic carbocycles. The van der Waals surface area contributed by atoms with Crippen molar-refractivity contribution in [2.45, 2.75) is 31.6 Å². The third kappa shape index (κ3) is 1.30. The average Bonchev–Trinajstić information content (AvgIpc) is 3.18. The highest BCUT2D eigenvalue weighted by molar-refractivity contribution is 6.16. The number of rotatable bonds is 2. The first-order chi connectivity index (χ1) is 8.66. The number of carbonyl (C=O) groups is 2. The number of nitrogens with one attached hydrogen (secondary N) is 1. The summed E-state index contributed by atoms with van der Waals surface area (Å²) in [5.41, 5.74) is 6.77. The minimum atomic E-state index is -0.439. The van der Waals surface area contributed by atoms with Gasteiger partial charge in [-0.25, -0.2) is 4.98 Å². The lowest BCUT2D eigenvalue weighted by Gasteiger charge is -2.26. The molecule has 1 heterocycles. The van der Waals surface area contributed by atoms with Gasteiger partial charge in [-0.1, -0.05) is 0 Å². The van der Waals surface area contributed by atoms with Crippen molar-refractivity contribution in [2.75, 3.05) is 5.73 Å². The van der Waals surface area contributed by atoms with E-state index in [2.05, 4.69) is 9.97 Å². The number of imidazole rings is 1. The summed E-state index contributed by atoms with van der Waals surface area (Å²) in [6, 6.07) is 0. The molecule has 2 saturated carbocycles. The van der Waals surface area contributed by atoms with E-state index in [1.54, 1.807) is 0 Å². The molecular formula is C13H15N3O2. The van der Waals surface area contributed by atoms with Gasteiger partial charge in [-0.3, -0.25) is 9.59 Å². The summed E-state index contributed by atoms with van der Waals surface area (Å²) in [5, 5.41) is 0. The monoisotopic (exact) mass is 245 g/mol. The van der Waals surface area contributed by atoms with Crippen LogP contribution in [0.4, 0.5) is 5.95 Å². The molecule has 0 spiro atoms. The molecule has 2 unspecified atom stereocenters. The number of anilines is 1. The predicted molar refractivity (Wildman–Crippen MR) is 64.0 cm³/mol. The number of fused-ring (bicyclic) bond motifs is 1. The number of aromatic nitrogens is 2. The van der Waals surface area contributed by atoms with Crippen molar-refractivity contribution in [3.05, 3.63) is 11.4 Å². The Labute approximate surface area is 104 Å². The zero-order valence-corrected chi connectivity index (χ0v) is 9.98. The van der Waals surface area contributed by atoms with Crippen molar-refractivity contribution >= 4 is 17.5 Å². The van der Waals surface area contributed by atoms with Crippen molar-refractivity contribution in [1.82, 2.24) is 9.97 Å². The van der Waals surface area contributed by atoms with Gasteiger partial charge in [0.1, 0.15) is 5.69 Å². The summed E-state index contributed by atoms with van der Waals surface area (Å²) in [7, 11) is 0. The van der Waals surface area contributed by atoms with Crippen molar-refractivity contribution in [3.63, 3.8) is 0 Å². The molecule has 0 amide bonds. The highest BCUT2D eigenvalue weighted by Gasteiger charge is 2.53. The number of hydrogen-bond acceptors (Lipinski definition) is 4. The maximum Gasteiger partial charge on any atom is 0.198 e. The summed E-state index contributed by atoms with van der Waals surface area (Å²) in [5.74, 6) is 0.313. The van der Waals surface area contributed by atoms with E-state index in [-0.39, 0.29) is 29.4 Å². The number of nitrogens with zero attached hydrogens (tertiary/aromatic N) is 1. The number of H-pyrrole nitrogens is 1. The van der Waals surface area contributed by atoms with Gasteiger partial charge in [0, 0.05) is 0 Å². The Morgan fingerprint density at radius 3 is 2.28 bits per heavy atom. The normalized spacial score (nSPS) is 31.6. The molecule has 0 aliphatic heterocycles. The third-order valence-corrected chi connectivity index (χ3v) is 4.38. The Bertz CT molecular complexity index is 555. The van der Waals surface area contributed by atoms with Gasteiger partial charge in [0.2, 0.25) is 0 Å². The topological polar surface area (TPSA) is 88.8 Å². The van der Waals surface area contributed by atoms with Gasteiger partial charge in [0.15, 0.2) is 17.5 Å². The van der Waals surface area contributed by atoms with Crippen molar-refractivity contribution < 1.29 is 9.59 Å². The van der Waals surface area contributed by atoms with E-state index >= 15 is 0 Å². The highest BCUT2D eigenvalue weighted by Crippen LogP contribution is 2.51. The number of hydrogen-bond donors (Lipinski definition) is 2. The first-order valence-electron chi connectivity index (χ1n) is 6.60.